The fraction of sp³-hybridized carbons (Fsp3) is 0.192. The molecule has 1 aliphatic carbocycles. The monoisotopic (exact) mass is 434 g/mol. The summed E-state index contributed by atoms with van der Waals surface area (Å²) in [5.41, 5.74) is 3.15. The minimum atomic E-state index is -0.648. The van der Waals surface area contributed by atoms with Crippen LogP contribution >= 0.6 is 0 Å². The smallest absolute Gasteiger partial charge is 0.338 e. The molecule has 6 nitrogen and oxygen atoms in total. The zero-order valence-electron chi connectivity index (χ0n) is 18.7. The fourth-order valence-corrected chi connectivity index (χ4v) is 2.56. The Kier molecular flexibility index (Phi) is 7.91. The molecule has 0 saturated heterocycles. The van der Waals surface area contributed by atoms with Gasteiger partial charge in [-0.1, -0.05) is 43.5 Å². The van der Waals surface area contributed by atoms with Gasteiger partial charge in [-0.15, -0.1) is 0 Å². The first-order valence-electron chi connectivity index (χ1n) is 9.83. The lowest BCUT2D eigenvalue weighted by Gasteiger charge is -2.13. The lowest BCUT2D eigenvalue weighted by Crippen LogP contribution is -2.13. The van der Waals surface area contributed by atoms with Gasteiger partial charge < -0.3 is 14.2 Å². The zero-order valence-corrected chi connectivity index (χ0v) is 18.7. The number of hydrogen-bond acceptors (Lipinski definition) is 6. The normalized spacial score (nSPS) is 12.9. The van der Waals surface area contributed by atoms with Crippen molar-refractivity contribution >= 4 is 23.5 Å². The zero-order chi connectivity index (χ0) is 24.0. The second-order valence-electron chi connectivity index (χ2n) is 7.59. The van der Waals surface area contributed by atoms with Crippen LogP contribution in [0.1, 0.15) is 39.7 Å². The van der Waals surface area contributed by atoms with Crippen molar-refractivity contribution in [3.8, 4) is 11.5 Å². The standard InChI is InChI=1S/C26H26O6/c1-15(2)24(27)30-21-10-8-19(12-18(7)13-21)20-9-11-22(31-25(28)16(3)4)23(14-20)32-26(29)17(5)6/h8-12,14H,1,3,5,13H2,2,4,6-7H3. The molecule has 0 radical (unpaired) electrons. The lowest BCUT2D eigenvalue weighted by molar-refractivity contribution is -0.135. The van der Waals surface area contributed by atoms with E-state index < -0.39 is 17.9 Å². The van der Waals surface area contributed by atoms with Crippen LogP contribution in [0.4, 0.5) is 0 Å². The maximum Gasteiger partial charge on any atom is 0.338 e. The molecule has 0 heterocycles. The molecule has 0 bridgehead atoms. The molecule has 32 heavy (non-hydrogen) atoms. The molecule has 0 N–H and O–H groups in total. The summed E-state index contributed by atoms with van der Waals surface area (Å²) in [6, 6.07) is 4.86. The first-order chi connectivity index (χ1) is 15.0. The predicted octanol–water partition coefficient (Wildman–Crippen LogP) is 5.39. The third kappa shape index (κ3) is 6.54. The van der Waals surface area contributed by atoms with E-state index in [2.05, 4.69) is 19.7 Å². The number of rotatable bonds is 7. The van der Waals surface area contributed by atoms with E-state index in [4.69, 9.17) is 14.2 Å². The summed E-state index contributed by atoms with van der Waals surface area (Å²) in [6.45, 7) is 17.3. The van der Waals surface area contributed by atoms with Gasteiger partial charge in [-0.05, 0) is 57.0 Å². The van der Waals surface area contributed by atoms with E-state index in [9.17, 15) is 14.4 Å². The van der Waals surface area contributed by atoms with Crippen molar-refractivity contribution in [1.82, 2.24) is 0 Å². The van der Waals surface area contributed by atoms with Gasteiger partial charge in [0.1, 0.15) is 5.76 Å². The number of benzene rings is 1. The highest BCUT2D eigenvalue weighted by molar-refractivity contribution is 5.91. The SMILES string of the molecule is C=C(C)C(=O)OC1=CC=C(c2ccc(OC(=O)C(=C)C)c(OC(=O)C(=C)C)c2)C=C(C)C1. The van der Waals surface area contributed by atoms with E-state index in [0.29, 0.717) is 23.3 Å². The third-order valence-electron chi connectivity index (χ3n) is 4.26. The van der Waals surface area contributed by atoms with Crippen LogP contribution in [0.3, 0.4) is 0 Å². The van der Waals surface area contributed by atoms with Crippen molar-refractivity contribution in [2.24, 2.45) is 0 Å². The van der Waals surface area contributed by atoms with Gasteiger partial charge in [0.2, 0.25) is 0 Å². The van der Waals surface area contributed by atoms with Gasteiger partial charge in [-0.2, -0.15) is 0 Å². The van der Waals surface area contributed by atoms with Gasteiger partial charge in [0, 0.05) is 23.1 Å². The molecule has 0 aliphatic heterocycles. The van der Waals surface area contributed by atoms with Gasteiger partial charge in [-0.25, -0.2) is 14.4 Å². The van der Waals surface area contributed by atoms with Gasteiger partial charge in [-0.3, -0.25) is 0 Å². The summed E-state index contributed by atoms with van der Waals surface area (Å²) in [5, 5.41) is 0. The molecule has 0 unspecified atom stereocenters. The molecule has 0 amide bonds. The van der Waals surface area contributed by atoms with Crippen LogP contribution in [0.25, 0.3) is 5.57 Å². The Hall–Kier alpha value is -3.93. The van der Waals surface area contributed by atoms with E-state index >= 15 is 0 Å². The highest BCUT2D eigenvalue weighted by Gasteiger charge is 2.17. The molecule has 0 spiro atoms. The molecule has 166 valence electrons. The molecule has 0 saturated carbocycles. The maximum absolute atomic E-state index is 12.1. The van der Waals surface area contributed by atoms with E-state index in [1.165, 1.54) is 19.9 Å². The first kappa shape index (κ1) is 24.3. The van der Waals surface area contributed by atoms with Crippen LogP contribution in [0.15, 0.2) is 84.2 Å². The number of allylic oxidation sites excluding steroid dienone is 5. The third-order valence-corrected chi connectivity index (χ3v) is 4.26. The number of ether oxygens (including phenoxy) is 3. The molecule has 6 heteroatoms. The summed E-state index contributed by atoms with van der Waals surface area (Å²) in [6.07, 6.45) is 5.87. The highest BCUT2D eigenvalue weighted by Crippen LogP contribution is 2.34. The largest absolute Gasteiger partial charge is 0.427 e. The van der Waals surface area contributed by atoms with Crippen molar-refractivity contribution in [3.63, 3.8) is 0 Å². The Labute approximate surface area is 187 Å². The van der Waals surface area contributed by atoms with Crippen molar-refractivity contribution in [2.45, 2.75) is 34.1 Å². The van der Waals surface area contributed by atoms with Crippen LogP contribution in [-0.2, 0) is 19.1 Å². The second-order valence-corrected chi connectivity index (χ2v) is 7.59. The highest BCUT2D eigenvalue weighted by atomic mass is 16.6. The molecular formula is C26H26O6. The lowest BCUT2D eigenvalue weighted by atomic mass is 10.0. The molecule has 2 rings (SSSR count). The van der Waals surface area contributed by atoms with Crippen LogP contribution in [-0.4, -0.2) is 17.9 Å². The Bertz CT molecular complexity index is 1110. The van der Waals surface area contributed by atoms with Gasteiger partial charge >= 0.3 is 17.9 Å². The average Bonchev–Trinajstić information content (AvgIpc) is 2.89. The number of carbonyl (C=O) groups excluding carboxylic acids is 3. The molecule has 1 aliphatic rings. The number of esters is 3. The van der Waals surface area contributed by atoms with Crippen LogP contribution < -0.4 is 9.47 Å². The van der Waals surface area contributed by atoms with Crippen LogP contribution in [0.5, 0.6) is 11.5 Å². The molecule has 0 aromatic heterocycles. The summed E-state index contributed by atoms with van der Waals surface area (Å²) < 4.78 is 16.1. The van der Waals surface area contributed by atoms with Crippen molar-refractivity contribution in [2.75, 3.05) is 0 Å². The quantitative estimate of drug-likeness (QED) is 0.325. The van der Waals surface area contributed by atoms with Crippen LogP contribution in [0.2, 0.25) is 0 Å². The van der Waals surface area contributed by atoms with E-state index in [1.807, 2.05) is 13.0 Å². The molecule has 0 fully saturated rings. The van der Waals surface area contributed by atoms with E-state index in [1.54, 1.807) is 31.2 Å². The first-order valence-corrected chi connectivity index (χ1v) is 9.83. The minimum absolute atomic E-state index is 0.0687. The topological polar surface area (TPSA) is 78.9 Å². The fourth-order valence-electron chi connectivity index (χ4n) is 2.56. The number of hydrogen-bond donors (Lipinski definition) is 0. The van der Waals surface area contributed by atoms with Crippen molar-refractivity contribution < 1.29 is 28.6 Å². The van der Waals surface area contributed by atoms with Gasteiger partial charge in [0.15, 0.2) is 11.5 Å². The Morgan fingerprint density at radius 2 is 1.31 bits per heavy atom. The second kappa shape index (κ2) is 10.4. The molecule has 0 atom stereocenters. The number of carbonyl (C=O) groups is 3. The van der Waals surface area contributed by atoms with Gasteiger partial charge in [0.05, 0.1) is 0 Å². The summed E-state index contributed by atoms with van der Waals surface area (Å²) in [7, 11) is 0. The van der Waals surface area contributed by atoms with Crippen molar-refractivity contribution in [1.29, 1.82) is 0 Å². The Balaban J connectivity index is 2.46. The molecule has 1 aromatic rings. The maximum atomic E-state index is 12.1. The predicted molar refractivity (Wildman–Crippen MR) is 123 cm³/mol. The van der Waals surface area contributed by atoms with Crippen molar-refractivity contribution in [3.05, 3.63) is 89.8 Å². The summed E-state index contributed by atoms with van der Waals surface area (Å²) >= 11 is 0. The summed E-state index contributed by atoms with van der Waals surface area (Å²) in [4.78, 5) is 35.9. The molecule has 1 aromatic carbocycles. The Morgan fingerprint density at radius 3 is 1.88 bits per heavy atom. The summed E-state index contributed by atoms with van der Waals surface area (Å²) in [5.74, 6) is -1.13. The minimum Gasteiger partial charge on any atom is -0.427 e. The van der Waals surface area contributed by atoms with Gasteiger partial charge in [0.25, 0.3) is 0 Å². The van der Waals surface area contributed by atoms with E-state index in [-0.39, 0.29) is 22.6 Å². The Morgan fingerprint density at radius 1 is 0.781 bits per heavy atom. The average molecular weight is 434 g/mol. The van der Waals surface area contributed by atoms with Crippen LogP contribution in [0, 0.1) is 0 Å². The van der Waals surface area contributed by atoms with E-state index in [0.717, 1.165) is 11.1 Å². The molecular weight excluding hydrogens is 408 g/mol.